The fraction of sp³-hybridized carbons (Fsp3) is 0.217. The SMILES string of the molecule is O=C1C=C(c2cn(CCO)c3ccccc23)C(=O)N1c1ccc(OCCCO)cc1. The molecular weight excluding hydrogens is 384 g/mol. The fourth-order valence-corrected chi connectivity index (χ4v) is 3.61. The van der Waals surface area contributed by atoms with Crippen LogP contribution in [0.25, 0.3) is 16.5 Å². The van der Waals surface area contributed by atoms with Gasteiger partial charge < -0.3 is 19.5 Å². The summed E-state index contributed by atoms with van der Waals surface area (Å²) < 4.78 is 7.38. The Morgan fingerprint density at radius 2 is 1.70 bits per heavy atom. The summed E-state index contributed by atoms with van der Waals surface area (Å²) in [6.07, 6.45) is 3.70. The number of para-hydroxylation sites is 1. The van der Waals surface area contributed by atoms with Gasteiger partial charge in [-0.2, -0.15) is 0 Å². The van der Waals surface area contributed by atoms with Gasteiger partial charge >= 0.3 is 0 Å². The lowest BCUT2D eigenvalue weighted by Crippen LogP contribution is -2.30. The maximum absolute atomic E-state index is 13.1. The molecule has 0 aliphatic carbocycles. The van der Waals surface area contributed by atoms with Crippen molar-refractivity contribution >= 4 is 34.0 Å². The molecule has 2 amide bonds. The predicted octanol–water partition coefficient (Wildman–Crippen LogP) is 2.35. The second-order valence-electron chi connectivity index (χ2n) is 6.93. The highest BCUT2D eigenvalue weighted by Gasteiger charge is 2.34. The summed E-state index contributed by atoms with van der Waals surface area (Å²) in [6, 6.07) is 14.3. The van der Waals surface area contributed by atoms with Crippen molar-refractivity contribution in [1.82, 2.24) is 4.57 Å². The summed E-state index contributed by atoms with van der Waals surface area (Å²) in [5, 5.41) is 19.0. The van der Waals surface area contributed by atoms with Crippen LogP contribution in [0.3, 0.4) is 0 Å². The van der Waals surface area contributed by atoms with Gasteiger partial charge in [0.1, 0.15) is 5.75 Å². The molecule has 0 atom stereocenters. The topological polar surface area (TPSA) is 92.0 Å². The van der Waals surface area contributed by atoms with Crippen molar-refractivity contribution < 1.29 is 24.5 Å². The van der Waals surface area contributed by atoms with Crippen LogP contribution in [0.4, 0.5) is 5.69 Å². The fourth-order valence-electron chi connectivity index (χ4n) is 3.61. The van der Waals surface area contributed by atoms with E-state index >= 15 is 0 Å². The number of hydrogen-bond donors (Lipinski definition) is 2. The number of carbonyl (C=O) groups is 2. The molecule has 154 valence electrons. The number of hydrogen-bond acceptors (Lipinski definition) is 5. The highest BCUT2D eigenvalue weighted by molar-refractivity contribution is 6.44. The highest BCUT2D eigenvalue weighted by Crippen LogP contribution is 2.34. The number of carbonyl (C=O) groups excluding carboxylic acids is 2. The van der Waals surface area contributed by atoms with Crippen LogP contribution in [0, 0.1) is 0 Å². The molecule has 0 radical (unpaired) electrons. The van der Waals surface area contributed by atoms with Gasteiger partial charge in [-0.3, -0.25) is 9.59 Å². The molecule has 1 aromatic heterocycles. The largest absolute Gasteiger partial charge is 0.494 e. The Kier molecular flexibility index (Phi) is 5.65. The lowest BCUT2D eigenvalue weighted by atomic mass is 10.1. The van der Waals surface area contributed by atoms with Crippen LogP contribution in [-0.2, 0) is 16.1 Å². The molecule has 2 aromatic carbocycles. The first-order chi connectivity index (χ1) is 14.6. The molecule has 0 spiro atoms. The third-order valence-electron chi connectivity index (χ3n) is 5.01. The molecule has 0 fully saturated rings. The van der Waals surface area contributed by atoms with Crippen molar-refractivity contribution in [2.45, 2.75) is 13.0 Å². The predicted molar refractivity (Wildman–Crippen MR) is 113 cm³/mol. The molecule has 2 N–H and O–H groups in total. The van der Waals surface area contributed by atoms with E-state index in [9.17, 15) is 14.7 Å². The molecule has 30 heavy (non-hydrogen) atoms. The van der Waals surface area contributed by atoms with Gasteiger partial charge in [0.25, 0.3) is 11.8 Å². The lowest BCUT2D eigenvalue weighted by molar-refractivity contribution is -0.119. The lowest BCUT2D eigenvalue weighted by Gasteiger charge is -2.15. The number of rotatable bonds is 8. The molecule has 7 nitrogen and oxygen atoms in total. The van der Waals surface area contributed by atoms with Crippen LogP contribution in [0.5, 0.6) is 5.75 Å². The number of aliphatic hydroxyl groups is 2. The van der Waals surface area contributed by atoms with Gasteiger partial charge in [0, 0.05) is 48.3 Å². The third kappa shape index (κ3) is 3.60. The van der Waals surface area contributed by atoms with Gasteiger partial charge in [0.05, 0.1) is 24.5 Å². The minimum Gasteiger partial charge on any atom is -0.494 e. The van der Waals surface area contributed by atoms with E-state index in [-0.39, 0.29) is 19.1 Å². The van der Waals surface area contributed by atoms with Crippen LogP contribution in [-0.4, -0.2) is 46.4 Å². The summed E-state index contributed by atoms with van der Waals surface area (Å²) >= 11 is 0. The van der Waals surface area contributed by atoms with Gasteiger partial charge in [-0.15, -0.1) is 0 Å². The van der Waals surface area contributed by atoms with Gasteiger partial charge in [-0.05, 0) is 30.3 Å². The number of aromatic nitrogens is 1. The third-order valence-corrected chi connectivity index (χ3v) is 5.01. The number of fused-ring (bicyclic) bond motifs is 1. The van der Waals surface area contributed by atoms with Crippen molar-refractivity contribution in [3.63, 3.8) is 0 Å². The minimum absolute atomic E-state index is 0.0249. The van der Waals surface area contributed by atoms with Gasteiger partial charge in [0.2, 0.25) is 0 Å². The van der Waals surface area contributed by atoms with Crippen molar-refractivity contribution in [2.24, 2.45) is 0 Å². The summed E-state index contributed by atoms with van der Waals surface area (Å²) in [6.45, 7) is 0.819. The Labute approximate surface area is 173 Å². The van der Waals surface area contributed by atoms with Gasteiger partial charge in [-0.1, -0.05) is 18.2 Å². The molecule has 0 unspecified atom stereocenters. The van der Waals surface area contributed by atoms with Crippen LogP contribution < -0.4 is 9.64 Å². The van der Waals surface area contributed by atoms with E-state index in [0.717, 1.165) is 15.8 Å². The maximum Gasteiger partial charge on any atom is 0.266 e. The Morgan fingerprint density at radius 1 is 0.933 bits per heavy atom. The van der Waals surface area contributed by atoms with Crippen LogP contribution >= 0.6 is 0 Å². The second kappa shape index (κ2) is 8.52. The first-order valence-electron chi connectivity index (χ1n) is 9.77. The van der Waals surface area contributed by atoms with Gasteiger partial charge in [-0.25, -0.2) is 4.90 Å². The van der Waals surface area contributed by atoms with E-state index in [4.69, 9.17) is 9.84 Å². The van der Waals surface area contributed by atoms with Crippen LogP contribution in [0.15, 0.2) is 60.8 Å². The molecule has 7 heteroatoms. The number of benzene rings is 2. The van der Waals surface area contributed by atoms with Gasteiger partial charge in [0.15, 0.2) is 0 Å². The first-order valence-corrected chi connectivity index (χ1v) is 9.77. The summed E-state index contributed by atoms with van der Waals surface area (Å²) in [4.78, 5) is 26.9. The smallest absolute Gasteiger partial charge is 0.266 e. The maximum atomic E-state index is 13.1. The number of imide groups is 1. The molecule has 1 aliphatic rings. The van der Waals surface area contributed by atoms with Crippen LogP contribution in [0.2, 0.25) is 0 Å². The number of nitrogens with zero attached hydrogens (tertiary/aromatic N) is 2. The van der Waals surface area contributed by atoms with E-state index in [1.807, 2.05) is 28.8 Å². The van der Waals surface area contributed by atoms with Crippen molar-refractivity contribution in [2.75, 3.05) is 24.7 Å². The summed E-state index contributed by atoms with van der Waals surface area (Å²) in [5.41, 5.74) is 2.36. The summed E-state index contributed by atoms with van der Waals surface area (Å²) in [5.74, 6) is -0.185. The molecule has 0 bridgehead atoms. The Hall–Kier alpha value is -3.42. The number of aliphatic hydroxyl groups excluding tert-OH is 2. The van der Waals surface area contributed by atoms with Crippen molar-refractivity contribution in [3.05, 3.63) is 66.4 Å². The zero-order valence-corrected chi connectivity index (χ0v) is 16.3. The number of anilines is 1. The molecule has 3 aromatic rings. The van der Waals surface area contributed by atoms with Crippen molar-refractivity contribution in [1.29, 1.82) is 0 Å². The molecule has 0 saturated carbocycles. The van der Waals surface area contributed by atoms with E-state index in [1.165, 1.54) is 6.08 Å². The van der Waals surface area contributed by atoms with Crippen LogP contribution in [0.1, 0.15) is 12.0 Å². The Morgan fingerprint density at radius 3 is 2.43 bits per heavy atom. The number of ether oxygens (including phenoxy) is 1. The zero-order valence-electron chi connectivity index (χ0n) is 16.3. The quantitative estimate of drug-likeness (QED) is 0.443. The number of amides is 2. The van der Waals surface area contributed by atoms with E-state index in [2.05, 4.69) is 0 Å². The highest BCUT2D eigenvalue weighted by atomic mass is 16.5. The molecule has 1 aliphatic heterocycles. The molecular formula is C23H22N2O5. The molecule has 4 rings (SSSR count). The van der Waals surface area contributed by atoms with E-state index < -0.39 is 5.91 Å². The standard InChI is InChI=1S/C23H22N2O5/c26-11-3-13-30-17-8-6-16(7-9-17)25-22(28)14-19(23(25)29)20-15-24(10-12-27)21-5-2-1-4-18(20)21/h1-2,4-9,14-15,26-27H,3,10-13H2. The van der Waals surface area contributed by atoms with E-state index in [1.54, 1.807) is 30.5 Å². The molecule has 0 saturated heterocycles. The summed E-state index contributed by atoms with van der Waals surface area (Å²) in [7, 11) is 0. The van der Waals surface area contributed by atoms with Crippen molar-refractivity contribution in [3.8, 4) is 5.75 Å². The minimum atomic E-state index is -0.400. The first kappa shape index (κ1) is 19.9. The second-order valence-corrected chi connectivity index (χ2v) is 6.93. The Balaban J connectivity index is 1.62. The average molecular weight is 406 g/mol. The monoisotopic (exact) mass is 406 g/mol. The molecule has 2 heterocycles. The Bertz CT molecular complexity index is 1110. The average Bonchev–Trinajstić information content (AvgIpc) is 3.26. The normalized spacial score (nSPS) is 13.9. The van der Waals surface area contributed by atoms with E-state index in [0.29, 0.717) is 42.1 Å². The zero-order chi connectivity index (χ0) is 21.1.